The Morgan fingerprint density at radius 3 is 1.50 bits per heavy atom. The van der Waals surface area contributed by atoms with Gasteiger partial charge >= 0.3 is 23.9 Å². The van der Waals surface area contributed by atoms with Gasteiger partial charge in [0, 0.05) is 13.3 Å². The molecule has 0 saturated heterocycles. The number of aliphatic hydroxyl groups excluding tert-OH is 2. The predicted molar refractivity (Wildman–Crippen MR) is 76.4 cm³/mol. The normalized spacial score (nSPS) is 12.7. The van der Waals surface area contributed by atoms with Crippen LogP contribution in [-0.2, 0) is 38.1 Å². The van der Waals surface area contributed by atoms with Gasteiger partial charge in [-0.1, -0.05) is 6.92 Å². The SMILES string of the molecule is CCC(=O)OCC(O)COC(=O)CC(=O)OCC(O)COC(C)=O. The molecule has 10 heteroatoms. The maximum atomic E-state index is 11.3. The van der Waals surface area contributed by atoms with Gasteiger partial charge in [0.25, 0.3) is 0 Å². The number of esters is 4. The van der Waals surface area contributed by atoms with Crippen LogP contribution in [0.1, 0.15) is 26.7 Å². The van der Waals surface area contributed by atoms with Gasteiger partial charge in [0.15, 0.2) is 0 Å². The zero-order valence-corrected chi connectivity index (χ0v) is 13.6. The second-order valence-corrected chi connectivity index (χ2v) is 4.69. The lowest BCUT2D eigenvalue weighted by atomic mass is 10.4. The molecule has 0 heterocycles. The van der Waals surface area contributed by atoms with Crippen LogP contribution in [0.3, 0.4) is 0 Å². The molecule has 10 nitrogen and oxygen atoms in total. The third-order valence-corrected chi connectivity index (χ3v) is 2.37. The predicted octanol–water partition coefficient (Wildman–Crippen LogP) is -1.30. The summed E-state index contributed by atoms with van der Waals surface area (Å²) in [4.78, 5) is 44.0. The van der Waals surface area contributed by atoms with Gasteiger partial charge in [-0.15, -0.1) is 0 Å². The van der Waals surface area contributed by atoms with Gasteiger partial charge in [0.1, 0.15) is 45.1 Å². The first-order chi connectivity index (χ1) is 11.2. The molecule has 138 valence electrons. The molecular weight excluding hydrogens is 328 g/mol. The van der Waals surface area contributed by atoms with Gasteiger partial charge in [-0.05, 0) is 0 Å². The molecule has 0 aliphatic rings. The van der Waals surface area contributed by atoms with Gasteiger partial charge in [-0.2, -0.15) is 0 Å². The number of hydrogen-bond donors (Lipinski definition) is 2. The number of ether oxygens (including phenoxy) is 4. The highest BCUT2D eigenvalue weighted by Gasteiger charge is 2.17. The molecule has 0 aromatic carbocycles. The topological polar surface area (TPSA) is 146 Å². The van der Waals surface area contributed by atoms with Crippen LogP contribution in [0.4, 0.5) is 0 Å². The minimum Gasteiger partial charge on any atom is -0.463 e. The van der Waals surface area contributed by atoms with E-state index in [1.165, 1.54) is 0 Å². The maximum absolute atomic E-state index is 11.3. The fourth-order valence-corrected chi connectivity index (χ4v) is 1.20. The Balaban J connectivity index is 3.84. The Labute approximate surface area is 138 Å². The van der Waals surface area contributed by atoms with E-state index in [2.05, 4.69) is 18.9 Å². The summed E-state index contributed by atoms with van der Waals surface area (Å²) in [5.74, 6) is -2.99. The van der Waals surface area contributed by atoms with Gasteiger partial charge < -0.3 is 29.2 Å². The van der Waals surface area contributed by atoms with Crippen LogP contribution >= 0.6 is 0 Å². The standard InChI is InChI=1S/C14H22O10/c1-3-12(18)22-6-11(17)8-24-14(20)4-13(19)23-7-10(16)5-21-9(2)15/h10-11,16-17H,3-8H2,1-2H3. The lowest BCUT2D eigenvalue weighted by Gasteiger charge is -2.12. The molecule has 0 amide bonds. The van der Waals surface area contributed by atoms with E-state index in [9.17, 15) is 29.4 Å². The highest BCUT2D eigenvalue weighted by Crippen LogP contribution is 1.97. The molecule has 2 atom stereocenters. The first-order valence-electron chi connectivity index (χ1n) is 7.20. The molecule has 0 aliphatic carbocycles. The van der Waals surface area contributed by atoms with Gasteiger partial charge in [-0.3, -0.25) is 19.2 Å². The fourth-order valence-electron chi connectivity index (χ4n) is 1.20. The molecule has 0 spiro atoms. The quantitative estimate of drug-likeness (QED) is 0.262. The number of aliphatic hydroxyl groups is 2. The molecule has 0 aromatic rings. The van der Waals surface area contributed by atoms with Crippen LogP contribution in [0.5, 0.6) is 0 Å². The van der Waals surface area contributed by atoms with Crippen LogP contribution < -0.4 is 0 Å². The van der Waals surface area contributed by atoms with Crippen molar-refractivity contribution in [2.75, 3.05) is 26.4 Å². The van der Waals surface area contributed by atoms with Gasteiger partial charge in [-0.25, -0.2) is 0 Å². The summed E-state index contributed by atoms with van der Waals surface area (Å²) >= 11 is 0. The first kappa shape index (κ1) is 21.8. The van der Waals surface area contributed by atoms with Gasteiger partial charge in [0.2, 0.25) is 0 Å². The largest absolute Gasteiger partial charge is 0.463 e. The minimum absolute atomic E-state index is 0.154. The molecule has 0 fully saturated rings. The van der Waals surface area contributed by atoms with E-state index in [1.54, 1.807) is 6.92 Å². The van der Waals surface area contributed by atoms with Crippen molar-refractivity contribution in [3.05, 3.63) is 0 Å². The van der Waals surface area contributed by atoms with Crippen molar-refractivity contribution >= 4 is 23.9 Å². The number of rotatable bonds is 11. The average Bonchev–Trinajstić information content (AvgIpc) is 2.53. The molecule has 0 aromatic heterocycles. The van der Waals surface area contributed by atoms with E-state index in [1.807, 2.05) is 0 Å². The van der Waals surface area contributed by atoms with Crippen molar-refractivity contribution in [2.45, 2.75) is 38.9 Å². The van der Waals surface area contributed by atoms with Crippen molar-refractivity contribution in [2.24, 2.45) is 0 Å². The van der Waals surface area contributed by atoms with Crippen molar-refractivity contribution in [3.8, 4) is 0 Å². The summed E-state index contributed by atoms with van der Waals surface area (Å²) in [6.07, 6.45) is -2.97. The maximum Gasteiger partial charge on any atom is 0.317 e. The summed E-state index contributed by atoms with van der Waals surface area (Å²) in [6.45, 7) is 1.19. The lowest BCUT2D eigenvalue weighted by molar-refractivity contribution is -0.159. The van der Waals surface area contributed by atoms with Crippen molar-refractivity contribution < 1.29 is 48.3 Å². The Morgan fingerprint density at radius 1 is 0.750 bits per heavy atom. The fraction of sp³-hybridized carbons (Fsp3) is 0.714. The number of hydrogen-bond acceptors (Lipinski definition) is 10. The van der Waals surface area contributed by atoms with E-state index >= 15 is 0 Å². The van der Waals surface area contributed by atoms with E-state index in [4.69, 9.17) is 0 Å². The number of carbonyl (C=O) groups excluding carboxylic acids is 4. The molecule has 0 radical (unpaired) electrons. The van der Waals surface area contributed by atoms with E-state index < -0.39 is 55.7 Å². The molecule has 0 rings (SSSR count). The first-order valence-corrected chi connectivity index (χ1v) is 7.20. The highest BCUT2D eigenvalue weighted by atomic mass is 16.6. The summed E-state index contributed by atoms with van der Waals surface area (Å²) in [7, 11) is 0. The third kappa shape index (κ3) is 12.4. The Kier molecular flexibility index (Phi) is 11.1. The van der Waals surface area contributed by atoms with Crippen LogP contribution in [0.15, 0.2) is 0 Å². The summed E-state index contributed by atoms with van der Waals surface area (Å²) in [6, 6.07) is 0. The van der Waals surface area contributed by atoms with E-state index in [-0.39, 0.29) is 19.6 Å². The van der Waals surface area contributed by atoms with Crippen molar-refractivity contribution in [1.29, 1.82) is 0 Å². The smallest absolute Gasteiger partial charge is 0.317 e. The van der Waals surface area contributed by atoms with Crippen LogP contribution in [0.2, 0.25) is 0 Å². The summed E-state index contributed by atoms with van der Waals surface area (Å²) in [5.41, 5.74) is 0. The Morgan fingerprint density at radius 2 is 1.12 bits per heavy atom. The van der Waals surface area contributed by atoms with Crippen LogP contribution in [-0.4, -0.2) is 72.7 Å². The van der Waals surface area contributed by atoms with Crippen molar-refractivity contribution in [3.63, 3.8) is 0 Å². The molecule has 2 N–H and O–H groups in total. The van der Waals surface area contributed by atoms with E-state index in [0.717, 1.165) is 6.92 Å². The van der Waals surface area contributed by atoms with E-state index in [0.29, 0.717) is 0 Å². The lowest BCUT2D eigenvalue weighted by Crippen LogP contribution is -2.27. The summed E-state index contributed by atoms with van der Waals surface area (Å²) < 4.78 is 18.3. The highest BCUT2D eigenvalue weighted by molar-refractivity contribution is 5.91. The van der Waals surface area contributed by atoms with Crippen LogP contribution in [0.25, 0.3) is 0 Å². The summed E-state index contributed by atoms with van der Waals surface area (Å²) in [5, 5.41) is 18.7. The molecule has 0 saturated carbocycles. The monoisotopic (exact) mass is 350 g/mol. The van der Waals surface area contributed by atoms with Crippen LogP contribution in [0, 0.1) is 0 Å². The average molecular weight is 350 g/mol. The molecule has 2 unspecified atom stereocenters. The minimum atomic E-state index is -1.20. The molecular formula is C14H22O10. The second kappa shape index (κ2) is 12.3. The third-order valence-electron chi connectivity index (χ3n) is 2.37. The Bertz CT molecular complexity index is 433. The molecule has 24 heavy (non-hydrogen) atoms. The zero-order chi connectivity index (χ0) is 18.5. The number of carbonyl (C=O) groups is 4. The zero-order valence-electron chi connectivity index (χ0n) is 13.6. The molecule has 0 bridgehead atoms. The molecule has 0 aliphatic heterocycles. The van der Waals surface area contributed by atoms with Gasteiger partial charge in [0.05, 0.1) is 0 Å². The second-order valence-electron chi connectivity index (χ2n) is 4.69. The van der Waals surface area contributed by atoms with Crippen molar-refractivity contribution in [1.82, 2.24) is 0 Å². The Hall–Kier alpha value is -2.20.